The van der Waals surface area contributed by atoms with Crippen LogP contribution in [0.1, 0.15) is 11.1 Å². The molecule has 2 aromatic rings. The summed E-state index contributed by atoms with van der Waals surface area (Å²) in [5.41, 5.74) is 2.43. The summed E-state index contributed by atoms with van der Waals surface area (Å²) in [6, 6.07) is 10.0. The van der Waals surface area contributed by atoms with Crippen molar-refractivity contribution in [2.24, 2.45) is 4.99 Å². The first-order chi connectivity index (χ1) is 12.3. The van der Waals surface area contributed by atoms with Crippen molar-refractivity contribution in [1.82, 2.24) is 5.32 Å². The largest absolute Gasteiger partial charge is 0.279 e. The molecule has 0 aliphatic carbocycles. The average molecular weight is 409 g/mol. The van der Waals surface area contributed by atoms with E-state index < -0.39 is 10.0 Å². The van der Waals surface area contributed by atoms with Crippen LogP contribution >= 0.6 is 23.4 Å². The number of amidine groups is 1. The topological polar surface area (TPSA) is 94.3 Å². The number of aryl methyl sites for hydroxylation is 2. The number of nitriles is 1. The number of nitrogens with zero attached hydrogens (tertiary/aromatic N) is 2. The first-order valence-electron chi connectivity index (χ1n) is 7.45. The Kier molecular flexibility index (Phi) is 6.53. The highest BCUT2D eigenvalue weighted by molar-refractivity contribution is 8.13. The minimum Gasteiger partial charge on any atom is -0.279 e. The van der Waals surface area contributed by atoms with E-state index in [2.05, 4.69) is 15.0 Å². The fourth-order valence-electron chi connectivity index (χ4n) is 2.26. The summed E-state index contributed by atoms with van der Waals surface area (Å²) in [6.45, 7) is 3.75. The van der Waals surface area contributed by atoms with Crippen molar-refractivity contribution in [1.29, 1.82) is 5.26 Å². The number of anilines is 1. The fourth-order valence-corrected chi connectivity index (χ4v) is 4.40. The predicted molar refractivity (Wildman–Crippen MR) is 108 cm³/mol. The zero-order chi connectivity index (χ0) is 19.3. The Labute approximate surface area is 162 Å². The van der Waals surface area contributed by atoms with Crippen molar-refractivity contribution in [2.75, 3.05) is 11.0 Å². The number of aliphatic imine (C=N–C) groups is 1. The minimum atomic E-state index is -3.99. The lowest BCUT2D eigenvalue weighted by Crippen LogP contribution is -2.16. The summed E-state index contributed by atoms with van der Waals surface area (Å²) in [5.74, 6) is 0. The van der Waals surface area contributed by atoms with Gasteiger partial charge < -0.3 is 0 Å². The molecule has 0 amide bonds. The highest BCUT2D eigenvalue weighted by Crippen LogP contribution is 2.33. The van der Waals surface area contributed by atoms with Crippen LogP contribution in [0.4, 0.5) is 11.4 Å². The van der Waals surface area contributed by atoms with Crippen molar-refractivity contribution in [3.63, 3.8) is 0 Å². The lowest BCUT2D eigenvalue weighted by molar-refractivity contribution is 0.601. The maximum Gasteiger partial charge on any atom is 0.265 e. The average Bonchev–Trinajstić information content (AvgIpc) is 2.56. The molecular formula is C17H17ClN4O2S2. The number of hydrogen-bond donors (Lipinski definition) is 2. The molecule has 0 saturated carbocycles. The second-order valence-electron chi connectivity index (χ2n) is 5.37. The molecule has 0 aliphatic rings. The van der Waals surface area contributed by atoms with Gasteiger partial charge in [-0.15, -0.1) is 0 Å². The van der Waals surface area contributed by atoms with E-state index in [4.69, 9.17) is 16.9 Å². The van der Waals surface area contributed by atoms with Crippen LogP contribution < -0.4 is 10.0 Å². The van der Waals surface area contributed by atoms with Gasteiger partial charge in [-0.1, -0.05) is 47.1 Å². The number of rotatable bonds is 4. The Balaban J connectivity index is 2.54. The molecule has 0 radical (unpaired) electrons. The van der Waals surface area contributed by atoms with Crippen molar-refractivity contribution in [2.45, 2.75) is 18.7 Å². The van der Waals surface area contributed by atoms with Crippen molar-refractivity contribution in [3.05, 3.63) is 52.5 Å². The molecule has 6 nitrogen and oxygen atoms in total. The zero-order valence-electron chi connectivity index (χ0n) is 14.4. The smallest absolute Gasteiger partial charge is 0.265 e. The SMILES string of the molecule is CSC(=Nc1cccc(Cl)c1S(=O)(=O)Nc1ccc(C)cc1C)NC#N. The Morgan fingerprint density at radius 3 is 2.62 bits per heavy atom. The van der Waals surface area contributed by atoms with Crippen LogP contribution in [0.3, 0.4) is 0 Å². The number of nitrogens with one attached hydrogen (secondary N) is 2. The minimum absolute atomic E-state index is 0.0425. The molecule has 0 aromatic heterocycles. The van der Waals surface area contributed by atoms with Crippen molar-refractivity contribution >= 4 is 49.9 Å². The molecule has 0 spiro atoms. The van der Waals surface area contributed by atoms with Gasteiger partial charge in [-0.05, 0) is 43.9 Å². The highest BCUT2D eigenvalue weighted by Gasteiger charge is 2.23. The van der Waals surface area contributed by atoms with Crippen LogP contribution in [0.25, 0.3) is 0 Å². The standard InChI is InChI=1S/C17H17ClN4O2S2/c1-11-7-8-14(12(2)9-11)22-26(23,24)16-13(18)5-4-6-15(16)21-17(25-3)20-10-19/h4-9,22H,1-3H3,(H,20,21). The molecule has 0 unspecified atom stereocenters. The summed E-state index contributed by atoms with van der Waals surface area (Å²) in [4.78, 5) is 4.07. The molecule has 0 fully saturated rings. The normalized spacial score (nSPS) is 11.7. The lowest BCUT2D eigenvalue weighted by atomic mass is 10.1. The number of halogens is 1. The Morgan fingerprint density at radius 2 is 2.00 bits per heavy atom. The summed E-state index contributed by atoms with van der Waals surface area (Å²) in [7, 11) is -3.99. The van der Waals surface area contributed by atoms with Gasteiger partial charge >= 0.3 is 0 Å². The maximum absolute atomic E-state index is 13.0. The lowest BCUT2D eigenvalue weighted by Gasteiger charge is -2.14. The first-order valence-corrected chi connectivity index (χ1v) is 10.5. The molecule has 9 heteroatoms. The molecule has 26 heavy (non-hydrogen) atoms. The van der Waals surface area contributed by atoms with Crippen LogP contribution in [-0.2, 0) is 10.0 Å². The molecule has 2 aromatic carbocycles. The fraction of sp³-hybridized carbons (Fsp3) is 0.176. The summed E-state index contributed by atoms with van der Waals surface area (Å²) in [5, 5.41) is 11.5. The van der Waals surface area contributed by atoms with E-state index in [0.29, 0.717) is 5.69 Å². The molecule has 2 N–H and O–H groups in total. The first kappa shape index (κ1) is 20.1. The third-order valence-electron chi connectivity index (χ3n) is 3.42. The molecule has 136 valence electrons. The Bertz CT molecular complexity index is 998. The van der Waals surface area contributed by atoms with Crippen LogP contribution in [0, 0.1) is 25.3 Å². The molecule has 2 rings (SSSR count). The van der Waals surface area contributed by atoms with Crippen molar-refractivity contribution < 1.29 is 8.42 Å². The van der Waals surface area contributed by atoms with Gasteiger partial charge in [-0.2, -0.15) is 5.26 Å². The van der Waals surface area contributed by atoms with E-state index >= 15 is 0 Å². The van der Waals surface area contributed by atoms with Crippen LogP contribution in [0.15, 0.2) is 46.3 Å². The zero-order valence-corrected chi connectivity index (χ0v) is 16.8. The Morgan fingerprint density at radius 1 is 1.27 bits per heavy atom. The molecule has 0 bridgehead atoms. The molecular weight excluding hydrogens is 392 g/mol. The van der Waals surface area contributed by atoms with E-state index in [-0.39, 0.29) is 20.8 Å². The summed E-state index contributed by atoms with van der Waals surface area (Å²) < 4.78 is 28.5. The van der Waals surface area contributed by atoms with Crippen LogP contribution in [0.5, 0.6) is 0 Å². The summed E-state index contributed by atoms with van der Waals surface area (Å²) >= 11 is 7.35. The van der Waals surface area contributed by atoms with Gasteiger partial charge in [-0.25, -0.2) is 13.4 Å². The summed E-state index contributed by atoms with van der Waals surface area (Å²) in [6.07, 6.45) is 3.48. The third-order valence-corrected chi connectivity index (χ3v) is 5.88. The van der Waals surface area contributed by atoms with Crippen LogP contribution in [0.2, 0.25) is 5.02 Å². The predicted octanol–water partition coefficient (Wildman–Crippen LogP) is 4.18. The quantitative estimate of drug-likeness (QED) is 0.342. The van der Waals surface area contributed by atoms with E-state index in [1.54, 1.807) is 24.6 Å². The second-order valence-corrected chi connectivity index (χ2v) is 8.19. The molecule has 0 atom stereocenters. The van der Waals surface area contributed by atoms with Gasteiger partial charge in [0.05, 0.1) is 16.4 Å². The third kappa shape index (κ3) is 4.69. The number of hydrogen-bond acceptors (Lipinski definition) is 5. The van der Waals surface area contributed by atoms with E-state index in [9.17, 15) is 8.42 Å². The molecule has 0 aliphatic heterocycles. The van der Waals surface area contributed by atoms with Crippen LogP contribution in [-0.4, -0.2) is 19.8 Å². The van der Waals surface area contributed by atoms with Crippen molar-refractivity contribution in [3.8, 4) is 6.19 Å². The van der Waals surface area contributed by atoms with Gasteiger partial charge in [0.2, 0.25) is 0 Å². The number of benzene rings is 2. The number of thioether (sulfide) groups is 1. The Hall–Kier alpha value is -2.21. The highest BCUT2D eigenvalue weighted by atomic mass is 35.5. The van der Waals surface area contributed by atoms with Gasteiger partial charge in [0, 0.05) is 0 Å². The van der Waals surface area contributed by atoms with E-state index in [1.165, 1.54) is 23.9 Å². The molecule has 0 heterocycles. The van der Waals surface area contributed by atoms with Gasteiger partial charge in [0.15, 0.2) is 11.4 Å². The second kappa shape index (κ2) is 8.45. The maximum atomic E-state index is 13.0. The number of sulfonamides is 1. The van der Waals surface area contributed by atoms with Gasteiger partial charge in [0.25, 0.3) is 10.0 Å². The van der Waals surface area contributed by atoms with E-state index in [1.807, 2.05) is 26.0 Å². The monoisotopic (exact) mass is 408 g/mol. The molecule has 0 saturated heterocycles. The van der Waals surface area contributed by atoms with Gasteiger partial charge in [-0.3, -0.25) is 10.0 Å². The van der Waals surface area contributed by atoms with Gasteiger partial charge in [0.1, 0.15) is 4.90 Å². The van der Waals surface area contributed by atoms with E-state index in [0.717, 1.165) is 11.1 Å².